The van der Waals surface area contributed by atoms with Crippen LogP contribution >= 0.6 is 0 Å². The van der Waals surface area contributed by atoms with Gasteiger partial charge in [-0.2, -0.15) is 0 Å². The molecule has 1 aromatic carbocycles. The average molecular weight is 331 g/mol. The molecule has 1 fully saturated rings. The van der Waals surface area contributed by atoms with Gasteiger partial charge in [0, 0.05) is 44.2 Å². The van der Waals surface area contributed by atoms with Crippen molar-refractivity contribution in [3.63, 3.8) is 0 Å². The van der Waals surface area contributed by atoms with E-state index in [0.717, 1.165) is 32.5 Å². The number of nitrogens with zero attached hydrogens (tertiary/aromatic N) is 2. The SMILES string of the molecule is CCN1CCC(N(C)C(=O)CC(C)NC(=O)c2ccccc2)CC1. The van der Waals surface area contributed by atoms with E-state index >= 15 is 0 Å². The molecule has 0 radical (unpaired) electrons. The van der Waals surface area contributed by atoms with Crippen LogP contribution in [0.3, 0.4) is 0 Å². The Morgan fingerprint density at radius 3 is 2.46 bits per heavy atom. The van der Waals surface area contributed by atoms with E-state index in [1.54, 1.807) is 12.1 Å². The summed E-state index contributed by atoms with van der Waals surface area (Å²) in [5.41, 5.74) is 0.622. The first-order valence-corrected chi connectivity index (χ1v) is 8.85. The standard InChI is InChI=1S/C19H29N3O2/c1-4-22-12-10-17(11-13-22)21(3)18(23)14-15(2)20-19(24)16-8-6-5-7-9-16/h5-9,15,17H,4,10-14H2,1-3H3,(H,20,24). The number of benzene rings is 1. The molecule has 1 atom stereocenters. The Kier molecular flexibility index (Phi) is 6.79. The lowest BCUT2D eigenvalue weighted by atomic mass is 10.0. The third-order valence-electron chi connectivity index (χ3n) is 4.84. The van der Waals surface area contributed by atoms with Gasteiger partial charge >= 0.3 is 0 Å². The third-order valence-corrected chi connectivity index (χ3v) is 4.84. The maximum absolute atomic E-state index is 12.5. The van der Waals surface area contributed by atoms with Crippen molar-refractivity contribution in [1.82, 2.24) is 15.1 Å². The number of amides is 2. The second-order valence-electron chi connectivity index (χ2n) is 6.61. The molecule has 5 nitrogen and oxygen atoms in total. The lowest BCUT2D eigenvalue weighted by Crippen LogP contribution is -2.47. The Morgan fingerprint density at radius 2 is 1.88 bits per heavy atom. The fourth-order valence-electron chi connectivity index (χ4n) is 3.18. The van der Waals surface area contributed by atoms with Gasteiger partial charge in [0.25, 0.3) is 5.91 Å². The van der Waals surface area contributed by atoms with Gasteiger partial charge in [-0.05, 0) is 38.4 Å². The lowest BCUT2D eigenvalue weighted by Gasteiger charge is -2.36. The van der Waals surface area contributed by atoms with Crippen molar-refractivity contribution >= 4 is 11.8 Å². The van der Waals surface area contributed by atoms with E-state index in [1.807, 2.05) is 37.1 Å². The number of rotatable bonds is 6. The molecule has 0 aromatic heterocycles. The zero-order valence-corrected chi connectivity index (χ0v) is 15.0. The predicted octanol–water partition coefficient (Wildman–Crippen LogP) is 2.14. The molecule has 2 rings (SSSR count). The van der Waals surface area contributed by atoms with Gasteiger partial charge in [-0.1, -0.05) is 25.1 Å². The molecule has 0 aliphatic carbocycles. The van der Waals surface area contributed by atoms with Crippen LogP contribution in [0, 0.1) is 0 Å². The molecule has 1 N–H and O–H groups in total. The molecule has 1 aliphatic heterocycles. The van der Waals surface area contributed by atoms with Crippen LogP contribution in [0.1, 0.15) is 43.5 Å². The number of hydrogen-bond acceptors (Lipinski definition) is 3. The van der Waals surface area contributed by atoms with Crippen LogP contribution in [0.2, 0.25) is 0 Å². The van der Waals surface area contributed by atoms with Crippen LogP contribution < -0.4 is 5.32 Å². The summed E-state index contributed by atoms with van der Waals surface area (Å²) in [4.78, 5) is 28.9. The summed E-state index contributed by atoms with van der Waals surface area (Å²) in [7, 11) is 1.89. The van der Waals surface area contributed by atoms with E-state index in [1.165, 1.54) is 0 Å². The summed E-state index contributed by atoms with van der Waals surface area (Å²) in [6, 6.07) is 9.24. The van der Waals surface area contributed by atoms with Crippen LogP contribution in [-0.2, 0) is 4.79 Å². The summed E-state index contributed by atoms with van der Waals surface area (Å²) in [6.45, 7) is 7.24. The Labute approximate surface area is 145 Å². The molecule has 2 amide bonds. The van der Waals surface area contributed by atoms with Crippen molar-refractivity contribution in [2.24, 2.45) is 0 Å². The zero-order chi connectivity index (χ0) is 17.5. The second-order valence-corrected chi connectivity index (χ2v) is 6.61. The lowest BCUT2D eigenvalue weighted by molar-refractivity contribution is -0.133. The molecular weight excluding hydrogens is 302 g/mol. The third kappa shape index (κ3) is 5.06. The molecule has 0 saturated carbocycles. The number of carbonyl (C=O) groups excluding carboxylic acids is 2. The first-order valence-electron chi connectivity index (χ1n) is 8.85. The first kappa shape index (κ1) is 18.5. The molecule has 1 aliphatic rings. The van der Waals surface area contributed by atoms with Gasteiger partial charge in [0.05, 0.1) is 0 Å². The van der Waals surface area contributed by atoms with Gasteiger partial charge < -0.3 is 15.1 Å². The molecule has 24 heavy (non-hydrogen) atoms. The highest BCUT2D eigenvalue weighted by atomic mass is 16.2. The molecule has 132 valence electrons. The van der Waals surface area contributed by atoms with Crippen LogP contribution in [0.15, 0.2) is 30.3 Å². The van der Waals surface area contributed by atoms with Crippen LogP contribution in [0.4, 0.5) is 0 Å². The molecule has 0 spiro atoms. The minimum Gasteiger partial charge on any atom is -0.349 e. The normalized spacial score (nSPS) is 17.3. The fourth-order valence-corrected chi connectivity index (χ4v) is 3.18. The van der Waals surface area contributed by atoms with Crippen molar-refractivity contribution in [1.29, 1.82) is 0 Å². The van der Waals surface area contributed by atoms with E-state index < -0.39 is 0 Å². The van der Waals surface area contributed by atoms with Crippen LogP contribution in [-0.4, -0.2) is 60.4 Å². The van der Waals surface area contributed by atoms with Gasteiger partial charge in [-0.25, -0.2) is 0 Å². The predicted molar refractivity (Wildman–Crippen MR) is 95.9 cm³/mol. The van der Waals surface area contributed by atoms with Gasteiger partial charge in [0.15, 0.2) is 0 Å². The molecule has 1 saturated heterocycles. The number of nitrogens with one attached hydrogen (secondary N) is 1. The highest BCUT2D eigenvalue weighted by Crippen LogP contribution is 2.16. The Morgan fingerprint density at radius 1 is 1.25 bits per heavy atom. The van der Waals surface area contributed by atoms with E-state index in [2.05, 4.69) is 17.1 Å². The molecule has 1 heterocycles. The highest BCUT2D eigenvalue weighted by Gasteiger charge is 2.25. The minimum atomic E-state index is -0.177. The number of likely N-dealkylation sites (tertiary alicyclic amines) is 1. The number of hydrogen-bond donors (Lipinski definition) is 1. The second kappa shape index (κ2) is 8.83. The topological polar surface area (TPSA) is 52.6 Å². The smallest absolute Gasteiger partial charge is 0.251 e. The summed E-state index contributed by atoms with van der Waals surface area (Å²) in [5, 5.41) is 2.91. The van der Waals surface area contributed by atoms with Crippen molar-refractivity contribution in [3.8, 4) is 0 Å². The van der Waals surface area contributed by atoms with E-state index in [4.69, 9.17) is 0 Å². The summed E-state index contributed by atoms with van der Waals surface area (Å²) in [6.07, 6.45) is 2.39. The highest BCUT2D eigenvalue weighted by molar-refractivity contribution is 5.94. The van der Waals surface area contributed by atoms with E-state index in [-0.39, 0.29) is 17.9 Å². The number of carbonyl (C=O) groups is 2. The van der Waals surface area contributed by atoms with Gasteiger partial charge in [0.1, 0.15) is 0 Å². The molecule has 0 bridgehead atoms. The summed E-state index contributed by atoms with van der Waals surface area (Å²) < 4.78 is 0. The molecule has 1 unspecified atom stereocenters. The Balaban J connectivity index is 1.79. The van der Waals surface area contributed by atoms with E-state index in [9.17, 15) is 9.59 Å². The molecular formula is C19H29N3O2. The van der Waals surface area contributed by atoms with E-state index in [0.29, 0.717) is 18.0 Å². The van der Waals surface area contributed by atoms with Gasteiger partial charge in [-0.15, -0.1) is 0 Å². The monoisotopic (exact) mass is 331 g/mol. The van der Waals surface area contributed by atoms with Crippen LogP contribution in [0.5, 0.6) is 0 Å². The van der Waals surface area contributed by atoms with Gasteiger partial charge in [-0.3, -0.25) is 9.59 Å². The van der Waals surface area contributed by atoms with Crippen molar-refractivity contribution in [2.45, 2.75) is 45.2 Å². The van der Waals surface area contributed by atoms with Crippen molar-refractivity contribution in [2.75, 3.05) is 26.7 Å². The maximum atomic E-state index is 12.5. The fraction of sp³-hybridized carbons (Fsp3) is 0.579. The maximum Gasteiger partial charge on any atom is 0.251 e. The van der Waals surface area contributed by atoms with Gasteiger partial charge in [0.2, 0.25) is 5.91 Å². The summed E-state index contributed by atoms with van der Waals surface area (Å²) >= 11 is 0. The Hall–Kier alpha value is -1.88. The average Bonchev–Trinajstić information content (AvgIpc) is 2.61. The first-order chi connectivity index (χ1) is 11.5. The van der Waals surface area contributed by atoms with Crippen molar-refractivity contribution in [3.05, 3.63) is 35.9 Å². The minimum absolute atomic E-state index is 0.103. The number of piperidine rings is 1. The Bertz CT molecular complexity index is 539. The molecule has 1 aromatic rings. The largest absolute Gasteiger partial charge is 0.349 e. The quantitative estimate of drug-likeness (QED) is 0.869. The van der Waals surface area contributed by atoms with Crippen molar-refractivity contribution < 1.29 is 9.59 Å². The summed E-state index contributed by atoms with van der Waals surface area (Å²) in [5.74, 6) is -0.0272. The molecule has 5 heteroatoms. The van der Waals surface area contributed by atoms with Crippen LogP contribution in [0.25, 0.3) is 0 Å². The zero-order valence-electron chi connectivity index (χ0n) is 15.0.